The van der Waals surface area contributed by atoms with Crippen molar-refractivity contribution in [3.63, 3.8) is 0 Å². The molecule has 6 nitrogen and oxygen atoms in total. The van der Waals surface area contributed by atoms with Gasteiger partial charge in [-0.25, -0.2) is 9.59 Å². The van der Waals surface area contributed by atoms with Crippen LogP contribution in [0.2, 0.25) is 5.02 Å². The molecule has 0 unspecified atom stereocenters. The molecule has 0 aromatic heterocycles. The Morgan fingerprint density at radius 2 is 1.61 bits per heavy atom. The third-order valence-electron chi connectivity index (χ3n) is 4.53. The fourth-order valence-electron chi connectivity index (χ4n) is 3.02. The van der Waals surface area contributed by atoms with Crippen molar-refractivity contribution in [2.75, 3.05) is 28.6 Å². The number of halogens is 1. The molecular weight excluding hydrogens is 412 g/mol. The Hall–Kier alpha value is -3.51. The number of aryl methyl sites for hydroxylation is 1. The predicted molar refractivity (Wildman–Crippen MR) is 127 cm³/mol. The van der Waals surface area contributed by atoms with Crippen LogP contribution >= 0.6 is 11.6 Å². The summed E-state index contributed by atoms with van der Waals surface area (Å²) < 4.78 is 0. The minimum Gasteiger partial charge on any atom is -0.338 e. The lowest BCUT2D eigenvalue weighted by Crippen LogP contribution is -2.38. The Morgan fingerprint density at radius 1 is 0.871 bits per heavy atom. The van der Waals surface area contributed by atoms with Crippen LogP contribution in [0.3, 0.4) is 0 Å². The van der Waals surface area contributed by atoms with Gasteiger partial charge in [-0.05, 0) is 67.4 Å². The largest absolute Gasteiger partial charge is 0.338 e. The van der Waals surface area contributed by atoms with E-state index in [4.69, 9.17) is 11.6 Å². The van der Waals surface area contributed by atoms with E-state index in [1.807, 2.05) is 61.5 Å². The van der Waals surface area contributed by atoms with E-state index in [-0.39, 0.29) is 12.1 Å². The average Bonchev–Trinajstić information content (AvgIpc) is 2.76. The van der Waals surface area contributed by atoms with E-state index >= 15 is 0 Å². The molecule has 7 heteroatoms. The molecule has 0 saturated carbocycles. The van der Waals surface area contributed by atoms with Crippen LogP contribution in [0, 0.1) is 6.92 Å². The first-order valence-electron chi connectivity index (χ1n) is 10.0. The van der Waals surface area contributed by atoms with Gasteiger partial charge in [0.2, 0.25) is 0 Å². The Kier molecular flexibility index (Phi) is 7.90. The molecule has 0 saturated heterocycles. The van der Waals surface area contributed by atoms with E-state index in [9.17, 15) is 9.59 Å². The lowest BCUT2D eigenvalue weighted by molar-refractivity contribution is 0.252. The Morgan fingerprint density at radius 3 is 2.32 bits per heavy atom. The molecule has 0 heterocycles. The van der Waals surface area contributed by atoms with Gasteiger partial charge in [0.15, 0.2) is 0 Å². The van der Waals surface area contributed by atoms with Gasteiger partial charge in [0.1, 0.15) is 0 Å². The molecule has 31 heavy (non-hydrogen) atoms. The normalized spacial score (nSPS) is 10.3. The van der Waals surface area contributed by atoms with E-state index in [1.54, 1.807) is 29.2 Å². The second kappa shape index (κ2) is 11.0. The molecule has 3 aromatic carbocycles. The molecule has 160 valence electrons. The van der Waals surface area contributed by atoms with Crippen LogP contribution < -0.4 is 20.9 Å². The summed E-state index contributed by atoms with van der Waals surface area (Å²) in [5, 5.41) is 9.11. The summed E-state index contributed by atoms with van der Waals surface area (Å²) in [4.78, 5) is 26.7. The Balaban J connectivity index is 1.54. The summed E-state index contributed by atoms with van der Waals surface area (Å²) >= 11 is 5.85. The first-order valence-corrected chi connectivity index (χ1v) is 10.4. The highest BCUT2D eigenvalue weighted by molar-refractivity contribution is 6.30. The molecule has 3 rings (SSSR count). The fourth-order valence-corrected chi connectivity index (χ4v) is 3.14. The van der Waals surface area contributed by atoms with Gasteiger partial charge in [-0.1, -0.05) is 41.9 Å². The summed E-state index contributed by atoms with van der Waals surface area (Å²) in [6, 6.07) is 23.5. The number of anilines is 3. The summed E-state index contributed by atoms with van der Waals surface area (Å²) in [6.07, 6.45) is 0.587. The monoisotopic (exact) mass is 436 g/mol. The number of nitrogens with one attached hydrogen (secondary N) is 3. The summed E-state index contributed by atoms with van der Waals surface area (Å²) in [6.45, 7) is 2.84. The molecule has 3 aromatic rings. The van der Waals surface area contributed by atoms with Gasteiger partial charge in [0.25, 0.3) is 0 Å². The van der Waals surface area contributed by atoms with Crippen LogP contribution in [0.5, 0.6) is 0 Å². The Labute approximate surface area is 187 Å². The van der Waals surface area contributed by atoms with E-state index < -0.39 is 0 Å². The average molecular weight is 437 g/mol. The van der Waals surface area contributed by atoms with Crippen molar-refractivity contribution in [1.82, 2.24) is 5.32 Å². The van der Waals surface area contributed by atoms with Crippen LogP contribution in [0.25, 0.3) is 0 Å². The number of amides is 4. The highest BCUT2D eigenvalue weighted by Crippen LogP contribution is 2.17. The lowest BCUT2D eigenvalue weighted by atomic mass is 10.2. The van der Waals surface area contributed by atoms with Crippen molar-refractivity contribution in [3.8, 4) is 0 Å². The minimum atomic E-state index is -0.308. The van der Waals surface area contributed by atoms with Crippen LogP contribution in [0.1, 0.15) is 12.0 Å². The second-order valence-electron chi connectivity index (χ2n) is 7.03. The quantitative estimate of drug-likeness (QED) is 0.403. The number of para-hydroxylation sites is 1. The molecule has 0 atom stereocenters. The standard InChI is InChI=1S/C24H25ClN4O2/c1-18-7-5-8-21(17-18)28-24(31)29(22-9-3-2-4-10-22)16-6-15-26-23(30)27-20-13-11-19(25)12-14-20/h2-5,7-14,17H,6,15-16H2,1H3,(H,28,31)(H2,26,27,30). The van der Waals surface area contributed by atoms with Gasteiger partial charge in [-0.15, -0.1) is 0 Å². The maximum atomic E-state index is 12.9. The van der Waals surface area contributed by atoms with E-state index in [0.29, 0.717) is 30.2 Å². The zero-order chi connectivity index (χ0) is 22.1. The summed E-state index contributed by atoms with van der Waals surface area (Å²) in [5.74, 6) is 0. The smallest absolute Gasteiger partial charge is 0.326 e. The Bertz CT molecular complexity index is 1010. The van der Waals surface area contributed by atoms with Crippen molar-refractivity contribution in [2.24, 2.45) is 0 Å². The van der Waals surface area contributed by atoms with Crippen molar-refractivity contribution in [2.45, 2.75) is 13.3 Å². The lowest BCUT2D eigenvalue weighted by Gasteiger charge is -2.23. The number of carbonyl (C=O) groups is 2. The zero-order valence-corrected chi connectivity index (χ0v) is 18.0. The number of carbonyl (C=O) groups excluding carboxylic acids is 2. The number of benzene rings is 3. The van der Waals surface area contributed by atoms with Gasteiger partial charge in [-0.2, -0.15) is 0 Å². The molecule has 0 aliphatic heterocycles. The first-order chi connectivity index (χ1) is 15.0. The van der Waals surface area contributed by atoms with Crippen molar-refractivity contribution >= 4 is 40.7 Å². The van der Waals surface area contributed by atoms with Crippen LogP contribution in [0.15, 0.2) is 78.9 Å². The summed E-state index contributed by atoms with van der Waals surface area (Å²) in [5.41, 5.74) is 3.26. The van der Waals surface area contributed by atoms with Gasteiger partial charge in [0, 0.05) is 35.2 Å². The van der Waals surface area contributed by atoms with Gasteiger partial charge in [-0.3, -0.25) is 4.90 Å². The molecule has 0 fully saturated rings. The molecule has 0 spiro atoms. The highest BCUT2D eigenvalue weighted by atomic mass is 35.5. The van der Waals surface area contributed by atoms with E-state index in [0.717, 1.165) is 16.9 Å². The maximum Gasteiger partial charge on any atom is 0.326 e. The molecule has 0 bridgehead atoms. The second-order valence-corrected chi connectivity index (χ2v) is 7.46. The van der Waals surface area contributed by atoms with Crippen LogP contribution in [-0.4, -0.2) is 25.2 Å². The minimum absolute atomic E-state index is 0.220. The number of nitrogens with zero attached hydrogens (tertiary/aromatic N) is 1. The SMILES string of the molecule is Cc1cccc(NC(=O)N(CCCNC(=O)Nc2ccc(Cl)cc2)c2ccccc2)c1. The molecule has 4 amide bonds. The van der Waals surface area contributed by atoms with Crippen molar-refractivity contribution in [3.05, 3.63) is 89.4 Å². The van der Waals surface area contributed by atoms with Crippen molar-refractivity contribution < 1.29 is 9.59 Å². The van der Waals surface area contributed by atoms with Gasteiger partial charge >= 0.3 is 12.1 Å². The third kappa shape index (κ3) is 7.04. The molecule has 0 aliphatic carbocycles. The zero-order valence-electron chi connectivity index (χ0n) is 17.3. The van der Waals surface area contributed by atoms with Gasteiger partial charge in [0.05, 0.1) is 0 Å². The van der Waals surface area contributed by atoms with E-state index in [2.05, 4.69) is 16.0 Å². The number of urea groups is 2. The maximum absolute atomic E-state index is 12.9. The molecule has 0 aliphatic rings. The number of hydrogen-bond donors (Lipinski definition) is 3. The highest BCUT2D eigenvalue weighted by Gasteiger charge is 2.15. The topological polar surface area (TPSA) is 73.5 Å². The molecule has 0 radical (unpaired) electrons. The molecular formula is C24H25ClN4O2. The number of rotatable bonds is 7. The fraction of sp³-hybridized carbons (Fsp3) is 0.167. The van der Waals surface area contributed by atoms with E-state index in [1.165, 1.54) is 0 Å². The van der Waals surface area contributed by atoms with Gasteiger partial charge < -0.3 is 16.0 Å². The molecule has 3 N–H and O–H groups in total. The predicted octanol–water partition coefficient (Wildman–Crippen LogP) is 5.90. The van der Waals surface area contributed by atoms with Crippen molar-refractivity contribution in [1.29, 1.82) is 0 Å². The first kappa shape index (κ1) is 22.2. The van der Waals surface area contributed by atoms with Crippen LogP contribution in [0.4, 0.5) is 26.7 Å². The number of hydrogen-bond acceptors (Lipinski definition) is 2. The van der Waals surface area contributed by atoms with Crippen LogP contribution in [-0.2, 0) is 0 Å². The summed E-state index contributed by atoms with van der Waals surface area (Å²) in [7, 11) is 0. The third-order valence-corrected chi connectivity index (χ3v) is 4.78.